The number of alkyl halides is 2. The number of carbonyl (C=O) groups excluding carboxylic acids is 2. The van der Waals surface area contributed by atoms with Crippen molar-refractivity contribution in [1.29, 1.82) is 0 Å². The van der Waals surface area contributed by atoms with Gasteiger partial charge in [-0.25, -0.2) is 0 Å². The van der Waals surface area contributed by atoms with Crippen LogP contribution in [0, 0.1) is 0 Å². The maximum absolute atomic E-state index is 12.6. The van der Waals surface area contributed by atoms with E-state index < -0.39 is 18.6 Å². The van der Waals surface area contributed by atoms with Crippen LogP contribution in [0.4, 0.5) is 14.5 Å². The Labute approximate surface area is 155 Å². The Bertz CT molecular complexity index is 883. The zero-order valence-electron chi connectivity index (χ0n) is 14.6. The third-order valence-corrected chi connectivity index (χ3v) is 4.23. The Kier molecular flexibility index (Phi) is 5.49. The topological polar surface area (TPSA) is 58.6 Å². The first-order chi connectivity index (χ1) is 13.0. The van der Waals surface area contributed by atoms with Gasteiger partial charge in [0.1, 0.15) is 5.75 Å². The molecular formula is C20H18F2N2O3. The lowest BCUT2D eigenvalue weighted by Crippen LogP contribution is -2.33. The number of nitrogens with one attached hydrogen (secondary N) is 1. The van der Waals surface area contributed by atoms with Gasteiger partial charge in [-0.05, 0) is 29.3 Å². The summed E-state index contributed by atoms with van der Waals surface area (Å²) in [5, 5.41) is 2.59. The molecule has 3 rings (SSSR count). The minimum Gasteiger partial charge on any atom is -0.433 e. The number of para-hydroxylation sites is 2. The average Bonchev–Trinajstić information content (AvgIpc) is 2.63. The van der Waals surface area contributed by atoms with Crippen molar-refractivity contribution in [2.75, 3.05) is 5.32 Å². The molecule has 1 aliphatic heterocycles. The van der Waals surface area contributed by atoms with Crippen LogP contribution in [0.2, 0.25) is 0 Å². The number of rotatable bonds is 5. The highest BCUT2D eigenvalue weighted by molar-refractivity contribution is 5.93. The number of anilines is 1. The Balaban J connectivity index is 1.80. The van der Waals surface area contributed by atoms with Crippen molar-refractivity contribution < 1.29 is 23.1 Å². The van der Waals surface area contributed by atoms with Crippen LogP contribution in [-0.4, -0.2) is 23.3 Å². The zero-order valence-corrected chi connectivity index (χ0v) is 14.6. The number of nitrogens with zero attached hydrogens (tertiary/aromatic N) is 1. The van der Waals surface area contributed by atoms with Crippen molar-refractivity contribution in [3.63, 3.8) is 0 Å². The van der Waals surface area contributed by atoms with E-state index in [1.54, 1.807) is 12.3 Å². The number of carbonyl (C=O) groups is 2. The van der Waals surface area contributed by atoms with Gasteiger partial charge in [0.15, 0.2) is 0 Å². The van der Waals surface area contributed by atoms with E-state index in [2.05, 4.69) is 10.1 Å². The molecule has 2 amide bonds. The Morgan fingerprint density at radius 1 is 1.15 bits per heavy atom. The van der Waals surface area contributed by atoms with Gasteiger partial charge < -0.3 is 15.0 Å². The Morgan fingerprint density at radius 2 is 1.85 bits per heavy atom. The summed E-state index contributed by atoms with van der Waals surface area (Å²) in [5.41, 5.74) is 1.92. The van der Waals surface area contributed by atoms with Crippen LogP contribution >= 0.6 is 0 Å². The zero-order chi connectivity index (χ0) is 19.4. The van der Waals surface area contributed by atoms with Crippen molar-refractivity contribution in [3.05, 3.63) is 65.9 Å². The molecule has 0 saturated carbocycles. The third kappa shape index (κ3) is 4.31. The van der Waals surface area contributed by atoms with Gasteiger partial charge in [-0.15, -0.1) is 0 Å². The number of fused-ring (bicyclic) bond motifs is 1. The van der Waals surface area contributed by atoms with Gasteiger partial charge in [-0.2, -0.15) is 8.78 Å². The molecule has 0 bridgehead atoms. The molecule has 1 atom stereocenters. The number of benzene rings is 2. The number of ether oxygens (including phenoxy) is 1. The summed E-state index contributed by atoms with van der Waals surface area (Å²) in [4.78, 5) is 26.0. The molecule has 0 spiro atoms. The van der Waals surface area contributed by atoms with Gasteiger partial charge in [-0.3, -0.25) is 9.59 Å². The minimum atomic E-state index is -2.99. The molecule has 2 aromatic carbocycles. The van der Waals surface area contributed by atoms with Crippen molar-refractivity contribution in [3.8, 4) is 5.75 Å². The SMILES string of the molecule is CC(=O)N1C=Cc2ccccc2[C@@H]1CC(=O)Nc1ccccc1OC(F)F. The first kappa shape index (κ1) is 18.6. The van der Waals surface area contributed by atoms with Gasteiger partial charge in [0.2, 0.25) is 11.8 Å². The van der Waals surface area contributed by atoms with Gasteiger partial charge in [0, 0.05) is 13.1 Å². The summed E-state index contributed by atoms with van der Waals surface area (Å²) in [5.74, 6) is -0.727. The summed E-state index contributed by atoms with van der Waals surface area (Å²) < 4.78 is 29.5. The summed E-state index contributed by atoms with van der Waals surface area (Å²) >= 11 is 0. The van der Waals surface area contributed by atoms with Crippen molar-refractivity contribution in [2.45, 2.75) is 26.0 Å². The normalized spacial score (nSPS) is 15.4. The first-order valence-electron chi connectivity index (χ1n) is 8.35. The smallest absolute Gasteiger partial charge is 0.387 e. The third-order valence-electron chi connectivity index (χ3n) is 4.23. The van der Waals surface area contributed by atoms with E-state index in [1.807, 2.05) is 30.3 Å². The second-order valence-electron chi connectivity index (χ2n) is 6.01. The molecule has 7 heteroatoms. The fourth-order valence-electron chi connectivity index (χ4n) is 3.06. The number of halogens is 2. The number of hydrogen-bond donors (Lipinski definition) is 1. The maximum Gasteiger partial charge on any atom is 0.387 e. The van der Waals surface area contributed by atoms with Crippen molar-refractivity contribution in [1.82, 2.24) is 4.90 Å². The van der Waals surface area contributed by atoms with Crippen LogP contribution in [0.5, 0.6) is 5.75 Å². The highest BCUT2D eigenvalue weighted by Crippen LogP contribution is 2.33. The van der Waals surface area contributed by atoms with Gasteiger partial charge >= 0.3 is 6.61 Å². The monoisotopic (exact) mass is 372 g/mol. The van der Waals surface area contributed by atoms with E-state index >= 15 is 0 Å². The quantitative estimate of drug-likeness (QED) is 0.856. The summed E-state index contributed by atoms with van der Waals surface area (Å²) in [6.45, 7) is -1.57. The largest absolute Gasteiger partial charge is 0.433 e. The molecule has 27 heavy (non-hydrogen) atoms. The standard InChI is InChI=1S/C20H18F2N2O3/c1-13(25)24-11-10-14-6-2-3-7-15(14)17(24)12-19(26)23-16-8-4-5-9-18(16)27-20(21)22/h2-11,17,20H,12H2,1H3,(H,23,26)/t17-/m0/s1. The highest BCUT2D eigenvalue weighted by atomic mass is 19.3. The van der Waals surface area contributed by atoms with Crippen molar-refractivity contribution >= 4 is 23.6 Å². The first-order valence-corrected chi connectivity index (χ1v) is 8.35. The second-order valence-corrected chi connectivity index (χ2v) is 6.01. The Morgan fingerprint density at radius 3 is 2.59 bits per heavy atom. The molecule has 1 heterocycles. The van der Waals surface area contributed by atoms with E-state index in [1.165, 1.54) is 30.0 Å². The van der Waals surface area contributed by atoms with Crippen LogP contribution in [-0.2, 0) is 9.59 Å². The molecule has 0 fully saturated rings. The molecule has 0 aliphatic carbocycles. The highest BCUT2D eigenvalue weighted by Gasteiger charge is 2.28. The lowest BCUT2D eigenvalue weighted by atomic mass is 9.93. The van der Waals surface area contributed by atoms with Crippen LogP contribution in [0.15, 0.2) is 54.7 Å². The second kappa shape index (κ2) is 7.99. The molecule has 140 valence electrons. The van der Waals surface area contributed by atoms with E-state index in [4.69, 9.17) is 0 Å². The molecule has 0 saturated heterocycles. The number of amides is 2. The lowest BCUT2D eigenvalue weighted by molar-refractivity contribution is -0.129. The fourth-order valence-corrected chi connectivity index (χ4v) is 3.06. The van der Waals surface area contributed by atoms with E-state index in [9.17, 15) is 18.4 Å². The molecule has 0 unspecified atom stereocenters. The van der Waals surface area contributed by atoms with E-state index in [0.29, 0.717) is 0 Å². The molecule has 0 aromatic heterocycles. The van der Waals surface area contributed by atoms with Crippen LogP contribution in [0.3, 0.4) is 0 Å². The van der Waals surface area contributed by atoms with Gasteiger partial charge in [0.25, 0.3) is 0 Å². The van der Waals surface area contributed by atoms with Crippen molar-refractivity contribution in [2.24, 2.45) is 0 Å². The predicted molar refractivity (Wildman–Crippen MR) is 97.1 cm³/mol. The summed E-state index contributed by atoms with van der Waals surface area (Å²) in [6, 6.07) is 13.0. The number of hydrogen-bond acceptors (Lipinski definition) is 3. The molecule has 2 aromatic rings. The average molecular weight is 372 g/mol. The minimum absolute atomic E-state index is 0.0239. The summed E-state index contributed by atoms with van der Waals surface area (Å²) in [6.07, 6.45) is 3.44. The fraction of sp³-hybridized carbons (Fsp3) is 0.200. The molecule has 5 nitrogen and oxygen atoms in total. The van der Waals surface area contributed by atoms with Crippen LogP contribution < -0.4 is 10.1 Å². The van der Waals surface area contributed by atoms with E-state index in [-0.39, 0.29) is 23.8 Å². The molecular weight excluding hydrogens is 354 g/mol. The molecule has 1 aliphatic rings. The molecule has 0 radical (unpaired) electrons. The van der Waals surface area contributed by atoms with Crippen LogP contribution in [0.25, 0.3) is 6.08 Å². The molecule has 1 N–H and O–H groups in total. The maximum atomic E-state index is 12.6. The lowest BCUT2D eigenvalue weighted by Gasteiger charge is -2.32. The van der Waals surface area contributed by atoms with Gasteiger partial charge in [-0.1, -0.05) is 36.4 Å². The Hall–Kier alpha value is -3.22. The van der Waals surface area contributed by atoms with E-state index in [0.717, 1.165) is 11.1 Å². The predicted octanol–water partition coefficient (Wildman–Crippen LogP) is 4.19. The summed E-state index contributed by atoms with van der Waals surface area (Å²) in [7, 11) is 0. The van der Waals surface area contributed by atoms with Gasteiger partial charge in [0.05, 0.1) is 18.2 Å². The van der Waals surface area contributed by atoms with Crippen LogP contribution in [0.1, 0.15) is 30.5 Å².